The molecule has 0 saturated heterocycles. The van der Waals surface area contributed by atoms with Gasteiger partial charge in [0.2, 0.25) is 0 Å². The largest absolute Gasteiger partial charge is 0.478 e. The second-order valence-electron chi connectivity index (χ2n) is 8.65. The summed E-state index contributed by atoms with van der Waals surface area (Å²) >= 11 is 7.75. The Kier molecular flexibility index (Phi) is 5.80. The van der Waals surface area contributed by atoms with Gasteiger partial charge in [0.05, 0.1) is 37.8 Å². The van der Waals surface area contributed by atoms with Crippen LogP contribution in [0.25, 0.3) is 43.4 Å². The number of nitrogens with one attached hydrogen (secondary N) is 1. The maximum atomic E-state index is 12.0. The summed E-state index contributed by atoms with van der Waals surface area (Å²) in [6, 6.07) is 23.6. The van der Waals surface area contributed by atoms with E-state index in [-0.39, 0.29) is 5.56 Å². The molecule has 0 radical (unpaired) electrons. The van der Waals surface area contributed by atoms with Gasteiger partial charge in [-0.2, -0.15) is 5.26 Å². The number of hydrogen-bond donors (Lipinski definition) is 2. The number of aromatic nitrogens is 2. The molecule has 2 N–H and O–H groups in total. The van der Waals surface area contributed by atoms with Crippen LogP contribution < -0.4 is 5.32 Å². The van der Waals surface area contributed by atoms with E-state index in [1.165, 1.54) is 0 Å². The molecule has 0 atom stereocenters. The number of carboxylic acid groups (broad SMARTS) is 1. The molecule has 7 nitrogen and oxygen atoms in total. The summed E-state index contributed by atoms with van der Waals surface area (Å²) in [6.45, 7) is 1.94. The van der Waals surface area contributed by atoms with E-state index in [0.717, 1.165) is 31.7 Å². The Bertz CT molecular complexity index is 1940. The number of nitrogens with zero attached hydrogens (tertiary/aromatic N) is 3. The molecular formula is C29H17ClN4O3S. The first kappa shape index (κ1) is 23.7. The quantitative estimate of drug-likeness (QED) is 0.229. The number of fused-ring (bicyclic) bond motifs is 2. The summed E-state index contributed by atoms with van der Waals surface area (Å²) in [4.78, 5) is 16.5. The SMILES string of the molecule is Cc1nc2cc(-c3cc(Nc4noc5cc(-c6cc(Cl)ccc6C#N)ccc45)ccc3C(=O)O)ccc2s1. The van der Waals surface area contributed by atoms with Gasteiger partial charge in [-0.25, -0.2) is 9.78 Å². The number of aromatic carboxylic acids is 1. The number of anilines is 2. The molecule has 184 valence electrons. The second kappa shape index (κ2) is 9.30. The first-order valence-corrected chi connectivity index (χ1v) is 12.7. The highest BCUT2D eigenvalue weighted by Crippen LogP contribution is 2.35. The van der Waals surface area contributed by atoms with Gasteiger partial charge in [-0.3, -0.25) is 0 Å². The fourth-order valence-electron chi connectivity index (χ4n) is 4.44. The lowest BCUT2D eigenvalue weighted by Gasteiger charge is -2.10. The number of rotatable bonds is 5. The minimum Gasteiger partial charge on any atom is -0.478 e. The molecule has 6 rings (SSSR count). The Morgan fingerprint density at radius 2 is 1.84 bits per heavy atom. The minimum absolute atomic E-state index is 0.186. The predicted molar refractivity (Wildman–Crippen MR) is 149 cm³/mol. The average Bonchev–Trinajstić information content (AvgIpc) is 3.49. The predicted octanol–water partition coefficient (Wildman–Crippen LogP) is 8.05. The summed E-state index contributed by atoms with van der Waals surface area (Å²) < 4.78 is 6.63. The number of carboxylic acids is 1. The first-order valence-electron chi connectivity index (χ1n) is 11.5. The van der Waals surface area contributed by atoms with Crippen molar-refractivity contribution in [1.29, 1.82) is 5.26 Å². The molecule has 0 amide bonds. The fourth-order valence-corrected chi connectivity index (χ4v) is 5.42. The van der Waals surface area contributed by atoms with Crippen LogP contribution in [0, 0.1) is 18.3 Å². The average molecular weight is 537 g/mol. The highest BCUT2D eigenvalue weighted by Gasteiger charge is 2.16. The lowest BCUT2D eigenvalue weighted by atomic mass is 9.98. The molecule has 38 heavy (non-hydrogen) atoms. The molecule has 2 heterocycles. The lowest BCUT2D eigenvalue weighted by molar-refractivity contribution is 0.0697. The Hall–Kier alpha value is -4.71. The van der Waals surface area contributed by atoms with Gasteiger partial charge in [0.25, 0.3) is 0 Å². The van der Waals surface area contributed by atoms with Crippen LogP contribution in [-0.4, -0.2) is 21.2 Å². The molecule has 0 spiro atoms. The van der Waals surface area contributed by atoms with Crippen LogP contribution in [0.3, 0.4) is 0 Å². The Morgan fingerprint density at radius 1 is 1.03 bits per heavy atom. The Labute approximate surface area is 225 Å². The standard InChI is InChI=1S/C29H17ClN4O3S/c1-15-32-25-10-16(4-9-27(25)38-15)24-13-20(6-8-21(24)29(35)36)33-28-22-7-3-17(11-26(22)37-34-28)23-12-19(30)5-2-18(23)14-31/h2-13H,1H3,(H,33,34)(H,35,36). The van der Waals surface area contributed by atoms with Crippen LogP contribution in [0.4, 0.5) is 11.5 Å². The summed E-state index contributed by atoms with van der Waals surface area (Å²) in [7, 11) is 0. The zero-order valence-corrected chi connectivity index (χ0v) is 21.4. The molecule has 9 heteroatoms. The van der Waals surface area contributed by atoms with E-state index in [9.17, 15) is 15.2 Å². The fraction of sp³-hybridized carbons (Fsp3) is 0.0345. The van der Waals surface area contributed by atoms with E-state index in [2.05, 4.69) is 21.5 Å². The molecule has 0 bridgehead atoms. The smallest absolute Gasteiger partial charge is 0.336 e. The van der Waals surface area contributed by atoms with Gasteiger partial charge in [0, 0.05) is 16.3 Å². The Morgan fingerprint density at radius 3 is 2.66 bits per heavy atom. The zero-order valence-electron chi connectivity index (χ0n) is 19.8. The molecule has 0 aliphatic heterocycles. The molecule has 0 unspecified atom stereocenters. The maximum absolute atomic E-state index is 12.0. The second-order valence-corrected chi connectivity index (χ2v) is 10.3. The summed E-state index contributed by atoms with van der Waals surface area (Å²) in [5.41, 5.74) is 5.51. The maximum Gasteiger partial charge on any atom is 0.336 e. The van der Waals surface area contributed by atoms with Crippen molar-refractivity contribution in [2.45, 2.75) is 6.92 Å². The summed E-state index contributed by atoms with van der Waals surface area (Å²) in [5, 5.41) is 29.0. The van der Waals surface area contributed by atoms with Gasteiger partial charge in [0.15, 0.2) is 11.4 Å². The first-order chi connectivity index (χ1) is 18.4. The topological polar surface area (TPSA) is 112 Å². The molecule has 2 aromatic heterocycles. The number of benzene rings is 4. The molecule has 4 aromatic carbocycles. The van der Waals surface area contributed by atoms with Crippen LogP contribution in [0.2, 0.25) is 5.02 Å². The van der Waals surface area contributed by atoms with Crippen LogP contribution in [-0.2, 0) is 0 Å². The number of aryl methyl sites for hydroxylation is 1. The Balaban J connectivity index is 1.37. The van der Waals surface area contributed by atoms with E-state index in [4.69, 9.17) is 16.1 Å². The highest BCUT2D eigenvalue weighted by molar-refractivity contribution is 7.18. The molecule has 0 fully saturated rings. The van der Waals surface area contributed by atoms with Crippen molar-refractivity contribution in [2.24, 2.45) is 0 Å². The highest BCUT2D eigenvalue weighted by atomic mass is 35.5. The normalized spacial score (nSPS) is 11.1. The van der Waals surface area contributed by atoms with Crippen LogP contribution in [0.5, 0.6) is 0 Å². The van der Waals surface area contributed by atoms with Crippen molar-refractivity contribution in [3.8, 4) is 28.3 Å². The van der Waals surface area contributed by atoms with Gasteiger partial charge in [-0.15, -0.1) is 11.3 Å². The van der Waals surface area contributed by atoms with Crippen LogP contribution in [0.1, 0.15) is 20.9 Å². The summed E-state index contributed by atoms with van der Waals surface area (Å²) in [5.74, 6) is -0.531. The van der Waals surface area contributed by atoms with Crippen molar-refractivity contribution < 1.29 is 14.4 Å². The number of hydrogen-bond acceptors (Lipinski definition) is 7. The van der Waals surface area contributed by atoms with E-state index in [1.54, 1.807) is 47.7 Å². The van der Waals surface area contributed by atoms with E-state index < -0.39 is 5.97 Å². The van der Waals surface area contributed by atoms with Crippen molar-refractivity contribution >= 4 is 61.6 Å². The molecule has 0 saturated carbocycles. The van der Waals surface area contributed by atoms with E-state index >= 15 is 0 Å². The lowest BCUT2D eigenvalue weighted by Crippen LogP contribution is -2.01. The molecule has 0 aliphatic rings. The van der Waals surface area contributed by atoms with E-state index in [0.29, 0.717) is 38.8 Å². The number of carbonyl (C=O) groups is 1. The molecular weight excluding hydrogens is 520 g/mol. The third kappa shape index (κ3) is 4.24. The van der Waals surface area contributed by atoms with Gasteiger partial charge >= 0.3 is 5.97 Å². The van der Waals surface area contributed by atoms with Crippen molar-refractivity contribution in [2.75, 3.05) is 5.32 Å². The summed E-state index contributed by atoms with van der Waals surface area (Å²) in [6.07, 6.45) is 0. The third-order valence-corrected chi connectivity index (χ3v) is 7.39. The van der Waals surface area contributed by atoms with E-state index in [1.807, 2.05) is 43.3 Å². The minimum atomic E-state index is -1.02. The van der Waals surface area contributed by atoms with Crippen molar-refractivity contribution in [3.05, 3.63) is 94.0 Å². The molecule has 6 aromatic rings. The number of nitriles is 1. The van der Waals surface area contributed by atoms with Gasteiger partial charge in [0.1, 0.15) is 0 Å². The van der Waals surface area contributed by atoms with Gasteiger partial charge in [-0.05, 0) is 84.3 Å². The van der Waals surface area contributed by atoms with Crippen LogP contribution in [0.15, 0.2) is 77.3 Å². The van der Waals surface area contributed by atoms with Crippen molar-refractivity contribution in [1.82, 2.24) is 10.1 Å². The van der Waals surface area contributed by atoms with Gasteiger partial charge in [-0.1, -0.05) is 28.9 Å². The van der Waals surface area contributed by atoms with Gasteiger partial charge < -0.3 is 14.9 Å². The van der Waals surface area contributed by atoms with Crippen molar-refractivity contribution in [3.63, 3.8) is 0 Å². The molecule has 0 aliphatic carbocycles. The number of halogens is 1. The third-order valence-electron chi connectivity index (χ3n) is 6.20. The van der Waals surface area contributed by atoms with Crippen LogP contribution >= 0.6 is 22.9 Å². The zero-order chi connectivity index (χ0) is 26.4. The monoisotopic (exact) mass is 536 g/mol. The number of thiazole rings is 1.